The predicted molar refractivity (Wildman–Crippen MR) is 43.2 cm³/mol. The van der Waals surface area contributed by atoms with E-state index >= 15 is 0 Å². The Labute approximate surface area is 64.2 Å². The van der Waals surface area contributed by atoms with E-state index in [1.54, 1.807) is 19.2 Å². The molecule has 0 fully saturated rings. The number of anilines is 1. The lowest BCUT2D eigenvalue weighted by atomic mass is 10.4. The van der Waals surface area contributed by atoms with E-state index < -0.39 is 0 Å². The van der Waals surface area contributed by atoms with Gasteiger partial charge in [-0.25, -0.2) is 0 Å². The molecular weight excluding hydrogens is 144 g/mol. The molecule has 0 bridgehead atoms. The van der Waals surface area contributed by atoms with E-state index in [9.17, 15) is 4.79 Å². The highest BCUT2D eigenvalue weighted by molar-refractivity contribution is 5.36. The minimum absolute atomic E-state index is 0.223. The van der Waals surface area contributed by atoms with Crippen molar-refractivity contribution in [1.82, 2.24) is 4.98 Å². The first-order valence-corrected chi connectivity index (χ1v) is 3.23. The molecule has 0 aliphatic heterocycles. The van der Waals surface area contributed by atoms with E-state index in [4.69, 9.17) is 4.74 Å². The Bertz CT molecular complexity index is 293. The van der Waals surface area contributed by atoms with Crippen molar-refractivity contribution in [1.29, 1.82) is 0 Å². The number of aromatic nitrogens is 1. The first-order valence-electron chi connectivity index (χ1n) is 3.23. The average Bonchev–Trinajstić information content (AvgIpc) is 2.04. The van der Waals surface area contributed by atoms with Crippen LogP contribution in [0.2, 0.25) is 0 Å². The lowest BCUT2D eigenvalue weighted by molar-refractivity contribution is 0.408. The smallest absolute Gasteiger partial charge is 0.291 e. The Kier molecular flexibility index (Phi) is 2.15. The minimum Gasteiger partial charge on any atom is -0.491 e. The topological polar surface area (TPSA) is 54.1 Å². The molecule has 0 saturated carbocycles. The molecule has 0 spiro atoms. The molecule has 0 aliphatic rings. The van der Waals surface area contributed by atoms with Gasteiger partial charge in [-0.3, -0.25) is 4.79 Å². The van der Waals surface area contributed by atoms with Crippen molar-refractivity contribution < 1.29 is 4.74 Å². The van der Waals surface area contributed by atoms with Crippen LogP contribution in [-0.2, 0) is 0 Å². The molecular formula is C7H10N2O2. The van der Waals surface area contributed by atoms with Gasteiger partial charge in [-0.15, -0.1) is 0 Å². The van der Waals surface area contributed by atoms with Gasteiger partial charge in [0, 0.05) is 7.05 Å². The first-order chi connectivity index (χ1) is 5.27. The maximum Gasteiger partial charge on any atom is 0.291 e. The summed E-state index contributed by atoms with van der Waals surface area (Å²) in [5.41, 5.74) is -0.223. The Morgan fingerprint density at radius 3 is 2.73 bits per heavy atom. The Hall–Kier alpha value is -1.45. The Morgan fingerprint density at radius 2 is 2.27 bits per heavy atom. The van der Waals surface area contributed by atoms with Crippen LogP contribution >= 0.6 is 0 Å². The van der Waals surface area contributed by atoms with Gasteiger partial charge in [0.15, 0.2) is 5.75 Å². The molecule has 1 aromatic heterocycles. The summed E-state index contributed by atoms with van der Waals surface area (Å²) in [4.78, 5) is 13.6. The normalized spacial score (nSPS) is 9.27. The van der Waals surface area contributed by atoms with Crippen LogP contribution in [0, 0.1) is 0 Å². The molecule has 4 nitrogen and oxygen atoms in total. The third-order valence-corrected chi connectivity index (χ3v) is 1.36. The second-order valence-electron chi connectivity index (χ2n) is 2.02. The van der Waals surface area contributed by atoms with E-state index in [0.29, 0.717) is 11.6 Å². The molecule has 60 valence electrons. The molecule has 11 heavy (non-hydrogen) atoms. The summed E-state index contributed by atoms with van der Waals surface area (Å²) in [6.45, 7) is 0. The van der Waals surface area contributed by atoms with Gasteiger partial charge in [0.2, 0.25) is 0 Å². The van der Waals surface area contributed by atoms with Gasteiger partial charge >= 0.3 is 0 Å². The van der Waals surface area contributed by atoms with Crippen LogP contribution in [-0.4, -0.2) is 19.1 Å². The fourth-order valence-electron chi connectivity index (χ4n) is 0.767. The number of hydrogen-bond acceptors (Lipinski definition) is 3. The first kappa shape index (κ1) is 7.65. The minimum atomic E-state index is -0.223. The van der Waals surface area contributed by atoms with Crippen molar-refractivity contribution in [2.24, 2.45) is 0 Å². The summed E-state index contributed by atoms with van der Waals surface area (Å²) < 4.78 is 4.77. The van der Waals surface area contributed by atoms with Gasteiger partial charge < -0.3 is 15.0 Å². The maximum absolute atomic E-state index is 11.0. The molecule has 1 rings (SSSR count). The molecule has 0 aliphatic carbocycles. The van der Waals surface area contributed by atoms with Crippen LogP contribution in [0.25, 0.3) is 0 Å². The van der Waals surface area contributed by atoms with E-state index in [1.165, 1.54) is 7.11 Å². The fourth-order valence-corrected chi connectivity index (χ4v) is 0.767. The zero-order valence-corrected chi connectivity index (χ0v) is 6.47. The second kappa shape index (κ2) is 3.09. The molecule has 0 saturated heterocycles. The molecule has 0 radical (unpaired) electrons. The number of aromatic amines is 1. The molecule has 0 aromatic carbocycles. The lowest BCUT2D eigenvalue weighted by Crippen LogP contribution is -2.10. The molecule has 0 unspecified atom stereocenters. The number of pyridine rings is 1. The fraction of sp³-hybridized carbons (Fsp3) is 0.286. The molecule has 0 atom stereocenters. The third-order valence-electron chi connectivity index (χ3n) is 1.36. The van der Waals surface area contributed by atoms with Crippen LogP contribution in [0.1, 0.15) is 0 Å². The average molecular weight is 154 g/mol. The number of rotatable bonds is 2. The van der Waals surface area contributed by atoms with E-state index in [2.05, 4.69) is 10.3 Å². The van der Waals surface area contributed by atoms with Crippen LogP contribution in [0.15, 0.2) is 16.9 Å². The van der Waals surface area contributed by atoms with Gasteiger partial charge in [-0.2, -0.15) is 0 Å². The van der Waals surface area contributed by atoms with Crippen LogP contribution in [0.5, 0.6) is 5.75 Å². The van der Waals surface area contributed by atoms with Crippen molar-refractivity contribution in [2.75, 3.05) is 19.5 Å². The lowest BCUT2D eigenvalue weighted by Gasteiger charge is -2.00. The van der Waals surface area contributed by atoms with Crippen molar-refractivity contribution in [3.05, 3.63) is 22.5 Å². The van der Waals surface area contributed by atoms with Gasteiger partial charge in [0.05, 0.1) is 7.11 Å². The highest BCUT2D eigenvalue weighted by Gasteiger charge is 1.97. The van der Waals surface area contributed by atoms with E-state index in [1.807, 2.05) is 0 Å². The quantitative estimate of drug-likeness (QED) is 0.649. The number of ether oxygens (including phenoxy) is 1. The van der Waals surface area contributed by atoms with E-state index in [0.717, 1.165) is 0 Å². The number of H-pyrrole nitrogens is 1. The summed E-state index contributed by atoms with van der Waals surface area (Å²) in [7, 11) is 3.20. The summed E-state index contributed by atoms with van der Waals surface area (Å²) in [5.74, 6) is 1.000. The Morgan fingerprint density at radius 1 is 1.55 bits per heavy atom. The van der Waals surface area contributed by atoms with Gasteiger partial charge in [-0.05, 0) is 12.1 Å². The van der Waals surface area contributed by atoms with Gasteiger partial charge in [-0.1, -0.05) is 0 Å². The molecule has 4 heteroatoms. The van der Waals surface area contributed by atoms with Crippen molar-refractivity contribution in [3.8, 4) is 5.75 Å². The van der Waals surface area contributed by atoms with Crippen molar-refractivity contribution in [3.63, 3.8) is 0 Å². The van der Waals surface area contributed by atoms with Crippen molar-refractivity contribution >= 4 is 5.82 Å². The molecule has 0 amide bonds. The van der Waals surface area contributed by atoms with Crippen LogP contribution < -0.4 is 15.6 Å². The predicted octanol–water partition coefficient (Wildman–Crippen LogP) is 0.425. The van der Waals surface area contributed by atoms with Gasteiger partial charge in [0.1, 0.15) is 5.82 Å². The molecule has 1 aromatic rings. The van der Waals surface area contributed by atoms with Gasteiger partial charge in [0.25, 0.3) is 5.56 Å². The number of nitrogens with one attached hydrogen (secondary N) is 2. The zero-order valence-electron chi connectivity index (χ0n) is 6.47. The largest absolute Gasteiger partial charge is 0.491 e. The second-order valence-corrected chi connectivity index (χ2v) is 2.02. The van der Waals surface area contributed by atoms with E-state index in [-0.39, 0.29) is 5.56 Å². The highest BCUT2D eigenvalue weighted by Crippen LogP contribution is 2.04. The summed E-state index contributed by atoms with van der Waals surface area (Å²) in [5, 5.41) is 2.81. The number of hydrogen-bond donors (Lipinski definition) is 2. The summed E-state index contributed by atoms with van der Waals surface area (Å²) in [6, 6.07) is 3.35. The zero-order chi connectivity index (χ0) is 8.27. The Balaban J connectivity index is 3.10. The molecule has 2 N–H and O–H groups in total. The summed E-state index contributed by atoms with van der Waals surface area (Å²) in [6.07, 6.45) is 0. The van der Waals surface area contributed by atoms with Crippen molar-refractivity contribution in [2.45, 2.75) is 0 Å². The summed E-state index contributed by atoms with van der Waals surface area (Å²) >= 11 is 0. The maximum atomic E-state index is 11.0. The standard InChI is InChI=1S/C7H10N2O2/c1-8-6-4-3-5(11-2)7(10)9-6/h3-4H,1-2H3,(H2,8,9,10). The van der Waals surface area contributed by atoms with Crippen LogP contribution in [0.4, 0.5) is 5.82 Å². The number of methoxy groups -OCH3 is 1. The van der Waals surface area contributed by atoms with Crippen LogP contribution in [0.3, 0.4) is 0 Å². The monoisotopic (exact) mass is 154 g/mol. The third kappa shape index (κ3) is 1.52. The molecule has 1 heterocycles. The SMILES string of the molecule is CNc1ccc(OC)c(=O)[nH]1. The highest BCUT2D eigenvalue weighted by atomic mass is 16.5.